The molecule has 21 heavy (non-hydrogen) atoms. The summed E-state index contributed by atoms with van der Waals surface area (Å²) < 4.78 is 22.0. The maximum absolute atomic E-state index is 5.89. The van der Waals surface area contributed by atoms with Crippen LogP contribution in [0.1, 0.15) is 12.0 Å². The predicted molar refractivity (Wildman–Crippen MR) is 81.7 cm³/mol. The van der Waals surface area contributed by atoms with E-state index in [0.717, 1.165) is 56.3 Å². The highest BCUT2D eigenvalue weighted by molar-refractivity contribution is 5.53. The van der Waals surface area contributed by atoms with Gasteiger partial charge in [-0.3, -0.25) is 4.90 Å². The Labute approximate surface area is 126 Å². The molecule has 1 aliphatic rings. The first-order chi connectivity index (χ1) is 10.2. The van der Waals surface area contributed by atoms with Crippen LogP contribution in [0.3, 0.4) is 0 Å². The van der Waals surface area contributed by atoms with Crippen LogP contribution in [0.2, 0.25) is 0 Å². The Morgan fingerprint density at radius 1 is 1.10 bits per heavy atom. The Morgan fingerprint density at radius 3 is 2.29 bits per heavy atom. The third-order valence-corrected chi connectivity index (χ3v) is 3.57. The summed E-state index contributed by atoms with van der Waals surface area (Å²) in [5.41, 5.74) is 1.09. The van der Waals surface area contributed by atoms with Crippen molar-refractivity contribution in [3.63, 3.8) is 0 Å². The monoisotopic (exact) mass is 295 g/mol. The van der Waals surface area contributed by atoms with Gasteiger partial charge in [0.2, 0.25) is 5.75 Å². The number of hydrogen-bond donors (Lipinski definition) is 0. The summed E-state index contributed by atoms with van der Waals surface area (Å²) in [6.07, 6.45) is 0.972. The number of nitrogens with zero attached hydrogens (tertiary/aromatic N) is 1. The van der Waals surface area contributed by atoms with Crippen LogP contribution in [0.15, 0.2) is 12.1 Å². The molecule has 1 saturated heterocycles. The summed E-state index contributed by atoms with van der Waals surface area (Å²) in [5.74, 6) is 2.13. The molecule has 0 saturated carbocycles. The summed E-state index contributed by atoms with van der Waals surface area (Å²) in [4.78, 5) is 2.40. The normalized spacial score (nSPS) is 15.8. The largest absolute Gasteiger partial charge is 0.493 e. The van der Waals surface area contributed by atoms with Crippen molar-refractivity contribution in [2.75, 3.05) is 53.7 Å². The van der Waals surface area contributed by atoms with Crippen LogP contribution in [-0.4, -0.2) is 58.6 Å². The van der Waals surface area contributed by atoms with Crippen LogP contribution in [0.4, 0.5) is 0 Å². The fourth-order valence-electron chi connectivity index (χ4n) is 2.44. The molecule has 1 aliphatic heterocycles. The van der Waals surface area contributed by atoms with Crippen molar-refractivity contribution >= 4 is 0 Å². The lowest BCUT2D eigenvalue weighted by Gasteiger charge is -2.26. The zero-order valence-electron chi connectivity index (χ0n) is 13.2. The molecule has 0 amide bonds. The smallest absolute Gasteiger partial charge is 0.203 e. The number of morpholine rings is 1. The minimum absolute atomic E-state index is 0.646. The van der Waals surface area contributed by atoms with Gasteiger partial charge in [0.25, 0.3) is 0 Å². The van der Waals surface area contributed by atoms with Crippen molar-refractivity contribution in [2.45, 2.75) is 13.3 Å². The molecule has 0 spiro atoms. The topological polar surface area (TPSA) is 40.2 Å². The Bertz CT molecular complexity index is 419. The molecule has 1 aromatic rings. The number of aryl methyl sites for hydroxylation is 1. The molecule has 0 bridgehead atoms. The average Bonchev–Trinajstić information content (AvgIpc) is 2.52. The Kier molecular flexibility index (Phi) is 6.14. The zero-order valence-corrected chi connectivity index (χ0v) is 13.2. The second kappa shape index (κ2) is 8.10. The molecule has 118 valence electrons. The third kappa shape index (κ3) is 4.51. The van der Waals surface area contributed by atoms with Gasteiger partial charge in [0.05, 0.1) is 34.0 Å². The average molecular weight is 295 g/mol. The molecular weight excluding hydrogens is 270 g/mol. The molecule has 0 unspecified atom stereocenters. The summed E-state index contributed by atoms with van der Waals surface area (Å²) in [5, 5.41) is 0. The maximum Gasteiger partial charge on any atom is 0.203 e. The molecule has 5 heteroatoms. The SMILES string of the molecule is COc1cc(C)cc(OC)c1OCCCN1CCOCC1. The van der Waals surface area contributed by atoms with Gasteiger partial charge in [0, 0.05) is 19.6 Å². The van der Waals surface area contributed by atoms with Crippen molar-refractivity contribution < 1.29 is 18.9 Å². The highest BCUT2D eigenvalue weighted by Crippen LogP contribution is 2.38. The lowest BCUT2D eigenvalue weighted by Crippen LogP contribution is -2.37. The van der Waals surface area contributed by atoms with Gasteiger partial charge in [-0.25, -0.2) is 0 Å². The lowest BCUT2D eigenvalue weighted by atomic mass is 10.2. The van der Waals surface area contributed by atoms with Gasteiger partial charge in [0.1, 0.15) is 0 Å². The van der Waals surface area contributed by atoms with E-state index in [9.17, 15) is 0 Å². The van der Waals surface area contributed by atoms with Crippen LogP contribution < -0.4 is 14.2 Å². The van der Waals surface area contributed by atoms with Crippen molar-refractivity contribution in [1.82, 2.24) is 4.90 Å². The standard InChI is InChI=1S/C16H25NO4/c1-13-11-14(18-2)16(15(12-13)19-3)21-8-4-5-17-6-9-20-10-7-17/h11-12H,4-10H2,1-3H3. The molecular formula is C16H25NO4. The molecule has 1 heterocycles. The van der Waals surface area contributed by atoms with Crippen LogP contribution in [0, 0.1) is 6.92 Å². The van der Waals surface area contributed by atoms with E-state index in [4.69, 9.17) is 18.9 Å². The number of hydrogen-bond acceptors (Lipinski definition) is 5. The van der Waals surface area contributed by atoms with Crippen LogP contribution in [-0.2, 0) is 4.74 Å². The molecule has 5 nitrogen and oxygen atoms in total. The van der Waals surface area contributed by atoms with E-state index in [1.165, 1.54) is 0 Å². The fraction of sp³-hybridized carbons (Fsp3) is 0.625. The van der Waals surface area contributed by atoms with Crippen LogP contribution in [0.5, 0.6) is 17.2 Å². The fourth-order valence-corrected chi connectivity index (χ4v) is 2.44. The minimum atomic E-state index is 0.646. The van der Waals surface area contributed by atoms with Crippen molar-refractivity contribution in [1.29, 1.82) is 0 Å². The number of benzene rings is 1. The van der Waals surface area contributed by atoms with Gasteiger partial charge in [-0.05, 0) is 31.0 Å². The van der Waals surface area contributed by atoms with Gasteiger partial charge in [-0.2, -0.15) is 0 Å². The highest BCUT2D eigenvalue weighted by Gasteiger charge is 2.14. The second-order valence-electron chi connectivity index (χ2n) is 5.15. The molecule has 0 atom stereocenters. The van der Waals surface area contributed by atoms with E-state index >= 15 is 0 Å². The van der Waals surface area contributed by atoms with E-state index in [0.29, 0.717) is 12.4 Å². The first-order valence-electron chi connectivity index (χ1n) is 7.40. The summed E-state index contributed by atoms with van der Waals surface area (Å²) in [6, 6.07) is 3.92. The number of rotatable bonds is 7. The van der Waals surface area contributed by atoms with Crippen LogP contribution in [0.25, 0.3) is 0 Å². The molecule has 2 rings (SSSR count). The highest BCUT2D eigenvalue weighted by atomic mass is 16.5. The van der Waals surface area contributed by atoms with Crippen molar-refractivity contribution in [3.05, 3.63) is 17.7 Å². The maximum atomic E-state index is 5.89. The van der Waals surface area contributed by atoms with E-state index in [2.05, 4.69) is 4.90 Å². The van der Waals surface area contributed by atoms with Crippen LogP contribution >= 0.6 is 0 Å². The molecule has 1 fully saturated rings. The number of ether oxygens (including phenoxy) is 4. The zero-order chi connectivity index (χ0) is 15.1. The summed E-state index contributed by atoms with van der Waals surface area (Å²) >= 11 is 0. The van der Waals surface area contributed by atoms with E-state index in [1.807, 2.05) is 19.1 Å². The molecule has 0 aromatic heterocycles. The molecule has 0 N–H and O–H groups in total. The Hall–Kier alpha value is -1.46. The minimum Gasteiger partial charge on any atom is -0.493 e. The van der Waals surface area contributed by atoms with E-state index < -0.39 is 0 Å². The van der Waals surface area contributed by atoms with Gasteiger partial charge >= 0.3 is 0 Å². The first-order valence-corrected chi connectivity index (χ1v) is 7.40. The Morgan fingerprint density at radius 2 is 1.71 bits per heavy atom. The van der Waals surface area contributed by atoms with E-state index in [1.54, 1.807) is 14.2 Å². The third-order valence-electron chi connectivity index (χ3n) is 3.57. The Balaban J connectivity index is 1.87. The van der Waals surface area contributed by atoms with Gasteiger partial charge in [-0.1, -0.05) is 0 Å². The van der Waals surface area contributed by atoms with Crippen molar-refractivity contribution in [2.24, 2.45) is 0 Å². The van der Waals surface area contributed by atoms with Gasteiger partial charge < -0.3 is 18.9 Å². The van der Waals surface area contributed by atoms with Gasteiger partial charge in [0.15, 0.2) is 11.5 Å². The lowest BCUT2D eigenvalue weighted by molar-refractivity contribution is 0.0357. The quantitative estimate of drug-likeness (QED) is 0.721. The molecule has 0 aliphatic carbocycles. The van der Waals surface area contributed by atoms with E-state index in [-0.39, 0.29) is 0 Å². The summed E-state index contributed by atoms with van der Waals surface area (Å²) in [7, 11) is 3.30. The molecule has 0 radical (unpaired) electrons. The first kappa shape index (κ1) is 15.9. The predicted octanol–water partition coefficient (Wildman–Crippen LogP) is 2.11. The number of methoxy groups -OCH3 is 2. The second-order valence-corrected chi connectivity index (χ2v) is 5.15. The van der Waals surface area contributed by atoms with Gasteiger partial charge in [-0.15, -0.1) is 0 Å². The van der Waals surface area contributed by atoms with Crippen molar-refractivity contribution in [3.8, 4) is 17.2 Å². The summed E-state index contributed by atoms with van der Waals surface area (Å²) in [6.45, 7) is 7.37. The molecule has 1 aromatic carbocycles.